The zero-order chi connectivity index (χ0) is 25.5. The summed E-state index contributed by atoms with van der Waals surface area (Å²) in [6.45, 7) is 3.11. The molecular formula is C25H33LiN6O5. The van der Waals surface area contributed by atoms with Crippen LogP contribution in [0.4, 0.5) is 0 Å². The van der Waals surface area contributed by atoms with Gasteiger partial charge in [0.15, 0.2) is 11.4 Å². The first-order valence-electron chi connectivity index (χ1n) is 11.2. The third-order valence-electron chi connectivity index (χ3n) is 5.42. The molecule has 0 fully saturated rings. The van der Waals surface area contributed by atoms with Gasteiger partial charge in [0.1, 0.15) is 0 Å². The van der Waals surface area contributed by atoms with Crippen LogP contribution in [0.3, 0.4) is 0 Å². The van der Waals surface area contributed by atoms with E-state index in [4.69, 9.17) is 9.84 Å². The fraction of sp³-hybridized carbons (Fsp3) is 0.360. The molecule has 2 aromatic carbocycles. The molecule has 0 atom stereocenters. The van der Waals surface area contributed by atoms with Crippen LogP contribution < -0.4 is 18.9 Å². The number of carboxylic acid groups (broad SMARTS) is 1. The van der Waals surface area contributed by atoms with Gasteiger partial charge in [-0.3, -0.25) is 9.36 Å². The Hall–Kier alpha value is -3.20. The van der Waals surface area contributed by atoms with Crippen LogP contribution in [0, 0.1) is 0 Å². The van der Waals surface area contributed by atoms with Gasteiger partial charge in [0.05, 0.1) is 31.2 Å². The smallest absolute Gasteiger partial charge is 0.870 e. The van der Waals surface area contributed by atoms with Crippen molar-refractivity contribution < 1.29 is 43.8 Å². The van der Waals surface area contributed by atoms with E-state index < -0.39 is 11.9 Å². The number of esters is 1. The molecule has 4 rings (SSSR count). The maximum absolute atomic E-state index is 11.7. The van der Waals surface area contributed by atoms with Crippen LogP contribution in [0.15, 0.2) is 48.5 Å². The molecule has 0 saturated heterocycles. The number of carboxylic acids is 1. The number of aromatic nitrogens is 4. The molecule has 0 aliphatic heterocycles. The van der Waals surface area contributed by atoms with Crippen molar-refractivity contribution in [3.8, 4) is 0 Å². The first kappa shape index (κ1) is 31.8. The second-order valence-electron chi connectivity index (χ2n) is 8.58. The molecule has 4 aromatic rings. The van der Waals surface area contributed by atoms with Gasteiger partial charge in [0, 0.05) is 23.9 Å². The second-order valence-corrected chi connectivity index (χ2v) is 8.58. The largest absolute Gasteiger partial charge is 1.00 e. The number of carbonyl (C=O) groups is 2. The van der Waals surface area contributed by atoms with Crippen LogP contribution in [0.25, 0.3) is 21.8 Å². The number of rotatable bonds is 8. The number of nitrogens with zero attached hydrogens (tertiary/aromatic N) is 6. The summed E-state index contributed by atoms with van der Waals surface area (Å²) in [6, 6.07) is 15.1. The number of para-hydroxylation sites is 2. The van der Waals surface area contributed by atoms with Crippen molar-refractivity contribution in [3.63, 3.8) is 0 Å². The molecule has 2 heterocycles. The van der Waals surface area contributed by atoms with E-state index in [0.717, 1.165) is 36.1 Å². The monoisotopic (exact) mass is 504 g/mol. The molecule has 12 heteroatoms. The predicted molar refractivity (Wildman–Crippen MR) is 137 cm³/mol. The van der Waals surface area contributed by atoms with Crippen molar-refractivity contribution in [2.75, 3.05) is 48.4 Å². The summed E-state index contributed by atoms with van der Waals surface area (Å²) >= 11 is 0. The first-order chi connectivity index (χ1) is 16.7. The molecule has 0 unspecified atom stereocenters. The van der Waals surface area contributed by atoms with Gasteiger partial charge in [-0.25, -0.2) is 9.59 Å². The number of likely N-dealkylation sites (N-methyl/N-ethyl adjacent to an activating group) is 2. The summed E-state index contributed by atoms with van der Waals surface area (Å²) in [7, 11) is 9.34. The molecule has 0 aliphatic rings. The number of ether oxygens (including phenoxy) is 1. The van der Waals surface area contributed by atoms with E-state index in [0.29, 0.717) is 17.6 Å². The quantitative estimate of drug-likeness (QED) is 0.249. The van der Waals surface area contributed by atoms with E-state index in [1.165, 1.54) is 7.11 Å². The SMILES string of the molecule is CN(C)CCn1nc(C(=O)O)c2ccccc21.COC(=O)c1nn(CCN(C)C)c2ccccc12.[Li+].[OH-]. The van der Waals surface area contributed by atoms with Crippen molar-refractivity contribution in [2.45, 2.75) is 13.1 Å². The number of hydrogen-bond donors (Lipinski definition) is 1. The summed E-state index contributed by atoms with van der Waals surface area (Å²) in [5, 5.41) is 19.1. The minimum Gasteiger partial charge on any atom is -0.870 e. The minimum absolute atomic E-state index is 0. The van der Waals surface area contributed by atoms with Gasteiger partial charge in [-0.15, -0.1) is 0 Å². The molecule has 2 N–H and O–H groups in total. The molecule has 37 heavy (non-hydrogen) atoms. The van der Waals surface area contributed by atoms with E-state index in [9.17, 15) is 9.59 Å². The number of benzene rings is 2. The van der Waals surface area contributed by atoms with Gasteiger partial charge in [-0.1, -0.05) is 36.4 Å². The van der Waals surface area contributed by atoms with Gasteiger partial charge in [-0.05, 0) is 40.3 Å². The van der Waals surface area contributed by atoms with E-state index in [2.05, 4.69) is 15.1 Å². The van der Waals surface area contributed by atoms with Crippen LogP contribution >= 0.6 is 0 Å². The normalized spacial score (nSPS) is 10.6. The van der Waals surface area contributed by atoms with Gasteiger partial charge in [0.2, 0.25) is 0 Å². The summed E-state index contributed by atoms with van der Waals surface area (Å²) in [5.74, 6) is -1.38. The van der Waals surface area contributed by atoms with Crippen LogP contribution in [-0.4, -0.2) is 100 Å². The summed E-state index contributed by atoms with van der Waals surface area (Å²) in [6.07, 6.45) is 0. The van der Waals surface area contributed by atoms with Crippen molar-refractivity contribution in [1.29, 1.82) is 0 Å². The molecule has 11 nitrogen and oxygen atoms in total. The molecular weight excluding hydrogens is 471 g/mol. The van der Waals surface area contributed by atoms with Gasteiger partial charge >= 0.3 is 30.8 Å². The second kappa shape index (κ2) is 14.5. The molecule has 0 saturated carbocycles. The summed E-state index contributed by atoms with van der Waals surface area (Å²) < 4.78 is 8.36. The zero-order valence-corrected chi connectivity index (χ0v) is 22.2. The van der Waals surface area contributed by atoms with Crippen molar-refractivity contribution in [3.05, 3.63) is 59.9 Å². The Labute approximate surface area is 228 Å². The van der Waals surface area contributed by atoms with Crippen LogP contribution in [0.5, 0.6) is 0 Å². The molecule has 194 valence electrons. The number of carbonyl (C=O) groups excluding carboxylic acids is 1. The maximum atomic E-state index is 11.7. The van der Waals surface area contributed by atoms with Crippen molar-refractivity contribution >= 4 is 33.7 Å². The van der Waals surface area contributed by atoms with E-state index in [1.807, 2.05) is 80.2 Å². The Morgan fingerprint density at radius 1 is 0.811 bits per heavy atom. The van der Waals surface area contributed by atoms with Crippen LogP contribution in [-0.2, 0) is 17.8 Å². The molecule has 0 radical (unpaired) electrons. The topological polar surface area (TPSA) is 136 Å². The Kier molecular flexibility index (Phi) is 12.5. The standard InChI is InChI=1S/C13H17N3O2.C12H15N3O2.Li.H2O/c1-15(2)8-9-16-11-7-5-4-6-10(11)12(14-16)13(17)18-3;1-14(2)7-8-15-10-6-4-3-5-9(10)11(13-15)12(16)17;;/h4-7H,8-9H2,1-3H3;3-6H,7-8H2,1-2H3,(H,16,17);;1H2/q;;+1;/p-1. The average Bonchev–Trinajstić information content (AvgIpc) is 3.40. The minimum atomic E-state index is -0.982. The number of aromatic carboxylic acids is 1. The van der Waals surface area contributed by atoms with Crippen molar-refractivity contribution in [1.82, 2.24) is 29.4 Å². The third kappa shape index (κ3) is 7.89. The molecule has 0 amide bonds. The van der Waals surface area contributed by atoms with E-state index >= 15 is 0 Å². The Morgan fingerprint density at radius 2 is 1.22 bits per heavy atom. The molecule has 0 spiro atoms. The molecule has 2 aromatic heterocycles. The van der Waals surface area contributed by atoms with E-state index in [1.54, 1.807) is 10.7 Å². The number of fused-ring (bicyclic) bond motifs is 2. The predicted octanol–water partition coefficient (Wildman–Crippen LogP) is -0.492. The third-order valence-corrected chi connectivity index (χ3v) is 5.42. The fourth-order valence-electron chi connectivity index (χ4n) is 3.59. The summed E-state index contributed by atoms with van der Waals surface area (Å²) in [4.78, 5) is 26.9. The van der Waals surface area contributed by atoms with Gasteiger partial charge < -0.3 is 25.1 Å². The number of methoxy groups -OCH3 is 1. The van der Waals surface area contributed by atoms with Gasteiger partial charge in [0.25, 0.3) is 0 Å². The summed E-state index contributed by atoms with van der Waals surface area (Å²) in [5.41, 5.74) is 2.33. The van der Waals surface area contributed by atoms with Crippen molar-refractivity contribution in [2.24, 2.45) is 0 Å². The molecule has 0 aliphatic carbocycles. The van der Waals surface area contributed by atoms with E-state index in [-0.39, 0.29) is 30.0 Å². The zero-order valence-electron chi connectivity index (χ0n) is 22.2. The number of hydrogen-bond acceptors (Lipinski definition) is 8. The van der Waals surface area contributed by atoms with Crippen LogP contribution in [0.2, 0.25) is 0 Å². The average molecular weight is 505 g/mol. The van der Waals surface area contributed by atoms with Crippen LogP contribution in [0.1, 0.15) is 21.0 Å². The van der Waals surface area contributed by atoms with Gasteiger partial charge in [-0.2, -0.15) is 10.2 Å². The Bertz CT molecular complexity index is 1320. The molecule has 0 bridgehead atoms. The maximum Gasteiger partial charge on any atom is 1.00 e. The first-order valence-corrected chi connectivity index (χ1v) is 11.2. The fourth-order valence-corrected chi connectivity index (χ4v) is 3.59. The Balaban J connectivity index is 0.000000351. The Morgan fingerprint density at radius 3 is 1.62 bits per heavy atom.